The highest BCUT2D eigenvalue weighted by Crippen LogP contribution is 2.42. The fraction of sp³-hybridized carbons (Fsp3) is 0.143. The molecule has 1 aromatic carbocycles. The van der Waals surface area contributed by atoms with Crippen LogP contribution in [0.2, 0.25) is 0 Å². The van der Waals surface area contributed by atoms with E-state index in [0.29, 0.717) is 11.4 Å². The first-order valence-electron chi connectivity index (χ1n) is 6.03. The van der Waals surface area contributed by atoms with Crippen molar-refractivity contribution in [1.82, 2.24) is 10.2 Å². The summed E-state index contributed by atoms with van der Waals surface area (Å²) < 4.78 is 5.47. The van der Waals surface area contributed by atoms with E-state index in [-0.39, 0.29) is 17.2 Å². The molecule has 3 rings (SSSR count). The summed E-state index contributed by atoms with van der Waals surface area (Å²) in [5, 5.41) is 26.0. The summed E-state index contributed by atoms with van der Waals surface area (Å²) in [5.41, 5.74) is 8.19. The summed E-state index contributed by atoms with van der Waals surface area (Å²) in [6, 6.07) is 8.75. The standard InChI is InChI=1S/C14H12N4O2/c1-7-13-12(18-17-7)11(10(6-15)14(16)20-13)8-3-2-4-9(19)5-8/h2-5,11,19H,16H2,1H3,(H,17,18). The first-order chi connectivity index (χ1) is 9.61. The van der Waals surface area contributed by atoms with Gasteiger partial charge in [0.25, 0.3) is 0 Å². The normalized spacial score (nSPS) is 17.3. The number of ether oxygens (including phenoxy) is 1. The van der Waals surface area contributed by atoms with Crippen LogP contribution in [0.25, 0.3) is 0 Å². The second-order valence-corrected chi connectivity index (χ2v) is 4.58. The number of rotatable bonds is 1. The van der Waals surface area contributed by atoms with Gasteiger partial charge in [-0.05, 0) is 24.6 Å². The molecule has 20 heavy (non-hydrogen) atoms. The third-order valence-corrected chi connectivity index (χ3v) is 3.28. The number of nitrogens with one attached hydrogen (secondary N) is 1. The first kappa shape index (κ1) is 12.1. The van der Waals surface area contributed by atoms with Crippen molar-refractivity contribution in [2.24, 2.45) is 5.73 Å². The third-order valence-electron chi connectivity index (χ3n) is 3.28. The largest absolute Gasteiger partial charge is 0.508 e. The van der Waals surface area contributed by atoms with Gasteiger partial charge in [-0.3, -0.25) is 5.10 Å². The van der Waals surface area contributed by atoms with Gasteiger partial charge in [-0.15, -0.1) is 0 Å². The maximum Gasteiger partial charge on any atom is 0.205 e. The number of phenolic OH excluding ortho intramolecular Hbond substituents is 1. The van der Waals surface area contributed by atoms with Crippen LogP contribution in [0.15, 0.2) is 35.7 Å². The Bertz CT molecular complexity index is 755. The second kappa shape index (κ2) is 4.31. The van der Waals surface area contributed by atoms with Crippen LogP contribution in [0.1, 0.15) is 22.9 Å². The summed E-state index contributed by atoms with van der Waals surface area (Å²) >= 11 is 0. The molecule has 0 amide bonds. The van der Waals surface area contributed by atoms with Gasteiger partial charge < -0.3 is 15.6 Å². The highest BCUT2D eigenvalue weighted by atomic mass is 16.5. The number of aromatic amines is 1. The van der Waals surface area contributed by atoms with Gasteiger partial charge in [-0.2, -0.15) is 10.4 Å². The molecule has 1 unspecified atom stereocenters. The van der Waals surface area contributed by atoms with Crippen LogP contribution >= 0.6 is 0 Å². The minimum atomic E-state index is -0.444. The molecule has 1 atom stereocenters. The topological polar surface area (TPSA) is 108 Å². The first-order valence-corrected chi connectivity index (χ1v) is 6.03. The number of nitriles is 1. The average Bonchev–Trinajstić information content (AvgIpc) is 2.78. The fourth-order valence-electron chi connectivity index (χ4n) is 2.35. The molecule has 100 valence electrons. The van der Waals surface area contributed by atoms with Crippen molar-refractivity contribution in [1.29, 1.82) is 5.26 Å². The van der Waals surface area contributed by atoms with E-state index in [4.69, 9.17) is 10.5 Å². The molecule has 1 aliphatic rings. The Hall–Kier alpha value is -2.94. The Morgan fingerprint density at radius 2 is 2.30 bits per heavy atom. The molecule has 0 bridgehead atoms. The lowest BCUT2D eigenvalue weighted by atomic mass is 9.87. The molecular formula is C14H12N4O2. The van der Waals surface area contributed by atoms with Gasteiger partial charge >= 0.3 is 0 Å². The van der Waals surface area contributed by atoms with Crippen LogP contribution in [0, 0.1) is 18.3 Å². The van der Waals surface area contributed by atoms with Crippen molar-refractivity contribution in [2.45, 2.75) is 12.8 Å². The smallest absolute Gasteiger partial charge is 0.205 e. The molecule has 0 saturated carbocycles. The average molecular weight is 268 g/mol. The van der Waals surface area contributed by atoms with E-state index in [1.165, 1.54) is 0 Å². The van der Waals surface area contributed by atoms with Gasteiger partial charge in [0.1, 0.15) is 23.1 Å². The molecule has 0 saturated heterocycles. The number of H-pyrrole nitrogens is 1. The molecule has 6 heteroatoms. The number of allylic oxidation sites excluding steroid dienone is 1. The molecule has 2 aromatic rings. The third kappa shape index (κ3) is 1.68. The van der Waals surface area contributed by atoms with Crippen molar-refractivity contribution in [3.8, 4) is 17.6 Å². The zero-order valence-corrected chi connectivity index (χ0v) is 10.7. The van der Waals surface area contributed by atoms with Crippen molar-refractivity contribution in [3.63, 3.8) is 0 Å². The maximum absolute atomic E-state index is 9.63. The summed E-state index contributed by atoms with van der Waals surface area (Å²) in [7, 11) is 0. The SMILES string of the molecule is Cc1[nH]nc2c1OC(N)=C(C#N)C2c1cccc(O)c1. The van der Waals surface area contributed by atoms with E-state index in [1.807, 2.05) is 13.0 Å². The van der Waals surface area contributed by atoms with E-state index < -0.39 is 5.92 Å². The summed E-state index contributed by atoms with van der Waals surface area (Å²) in [5.74, 6) is 0.284. The Morgan fingerprint density at radius 3 is 3.00 bits per heavy atom. The van der Waals surface area contributed by atoms with Crippen molar-refractivity contribution < 1.29 is 9.84 Å². The number of nitrogens with two attached hydrogens (primary N) is 1. The maximum atomic E-state index is 9.63. The van der Waals surface area contributed by atoms with E-state index in [1.54, 1.807) is 18.2 Å². The number of hydrogen-bond donors (Lipinski definition) is 3. The molecule has 2 heterocycles. The molecule has 0 radical (unpaired) electrons. The van der Waals surface area contributed by atoms with Crippen molar-refractivity contribution in [3.05, 3.63) is 52.7 Å². The summed E-state index contributed by atoms with van der Waals surface area (Å²) in [6.07, 6.45) is 0. The zero-order valence-electron chi connectivity index (χ0n) is 10.7. The Labute approximate surface area is 115 Å². The van der Waals surface area contributed by atoms with Crippen molar-refractivity contribution >= 4 is 0 Å². The minimum Gasteiger partial charge on any atom is -0.508 e. The minimum absolute atomic E-state index is 0.0674. The zero-order chi connectivity index (χ0) is 14.3. The molecule has 1 aromatic heterocycles. The quantitative estimate of drug-likeness (QED) is 0.728. The number of aromatic hydroxyl groups is 1. The van der Waals surface area contributed by atoms with Gasteiger partial charge in [-0.1, -0.05) is 12.1 Å². The number of phenols is 1. The number of benzene rings is 1. The van der Waals surface area contributed by atoms with Crippen LogP contribution in [0.3, 0.4) is 0 Å². The predicted octanol–water partition coefficient (Wildman–Crippen LogP) is 1.64. The Morgan fingerprint density at radius 1 is 1.50 bits per heavy atom. The van der Waals surface area contributed by atoms with Crippen LogP contribution < -0.4 is 10.5 Å². The lowest BCUT2D eigenvalue weighted by Crippen LogP contribution is -2.21. The Balaban J connectivity index is 2.23. The van der Waals surface area contributed by atoms with Crippen LogP contribution in [0.5, 0.6) is 11.5 Å². The number of nitrogens with zero attached hydrogens (tertiary/aromatic N) is 2. The monoisotopic (exact) mass is 268 g/mol. The van der Waals surface area contributed by atoms with Gasteiger partial charge in [0.15, 0.2) is 5.75 Å². The number of aromatic nitrogens is 2. The molecular weight excluding hydrogens is 256 g/mol. The van der Waals surface area contributed by atoms with Gasteiger partial charge in [0.2, 0.25) is 5.88 Å². The number of aryl methyl sites for hydroxylation is 1. The van der Waals surface area contributed by atoms with E-state index in [0.717, 1.165) is 11.3 Å². The Kier molecular flexibility index (Phi) is 2.61. The van der Waals surface area contributed by atoms with Crippen LogP contribution in [-0.2, 0) is 0 Å². The molecule has 6 nitrogen and oxygen atoms in total. The molecule has 0 spiro atoms. The number of hydrogen-bond acceptors (Lipinski definition) is 5. The summed E-state index contributed by atoms with van der Waals surface area (Å²) in [6.45, 7) is 1.82. The van der Waals surface area contributed by atoms with Crippen LogP contribution in [0.4, 0.5) is 0 Å². The van der Waals surface area contributed by atoms with Crippen molar-refractivity contribution in [2.75, 3.05) is 0 Å². The number of fused-ring (bicyclic) bond motifs is 1. The van der Waals surface area contributed by atoms with Gasteiger partial charge in [-0.25, -0.2) is 0 Å². The molecule has 0 fully saturated rings. The molecule has 1 aliphatic heterocycles. The van der Waals surface area contributed by atoms with E-state index >= 15 is 0 Å². The summed E-state index contributed by atoms with van der Waals surface area (Å²) in [4.78, 5) is 0. The predicted molar refractivity (Wildman–Crippen MR) is 70.7 cm³/mol. The fourth-order valence-corrected chi connectivity index (χ4v) is 2.35. The molecule has 4 N–H and O–H groups in total. The van der Waals surface area contributed by atoms with E-state index in [2.05, 4.69) is 16.3 Å². The highest BCUT2D eigenvalue weighted by Gasteiger charge is 2.34. The van der Waals surface area contributed by atoms with Gasteiger partial charge in [0.05, 0.1) is 11.6 Å². The highest BCUT2D eigenvalue weighted by molar-refractivity contribution is 5.54. The van der Waals surface area contributed by atoms with Crippen LogP contribution in [-0.4, -0.2) is 15.3 Å². The molecule has 0 aliphatic carbocycles. The second-order valence-electron chi connectivity index (χ2n) is 4.58. The lowest BCUT2D eigenvalue weighted by molar-refractivity contribution is 0.390. The lowest BCUT2D eigenvalue weighted by Gasteiger charge is -2.22. The van der Waals surface area contributed by atoms with Gasteiger partial charge in [0, 0.05) is 0 Å². The van der Waals surface area contributed by atoms with E-state index in [9.17, 15) is 10.4 Å².